The standard InChI is InChI=1S/2C16H25NO/c1-12(2)15-6-5-14-7-8-17(10-16(14)9-15)13(3)11-18-4;1-4-18-10-9-17-8-7-14-5-6-15(13(2)3)11-16(14)12-17/h5-6,9,12-13H,7-8,10-11H2,1-4H3;5-6,11,13H,4,7-10,12H2,1-3H3. The van der Waals surface area contributed by atoms with Crippen molar-refractivity contribution in [2.75, 3.05) is 46.6 Å². The average Bonchev–Trinajstić information content (AvgIpc) is 2.88. The van der Waals surface area contributed by atoms with E-state index in [1.807, 2.05) is 0 Å². The van der Waals surface area contributed by atoms with E-state index in [4.69, 9.17) is 9.47 Å². The summed E-state index contributed by atoms with van der Waals surface area (Å²) in [7, 11) is 1.78. The third-order valence-electron chi connectivity index (χ3n) is 7.71. The Labute approximate surface area is 221 Å². The summed E-state index contributed by atoms with van der Waals surface area (Å²) in [4.78, 5) is 5.03. The van der Waals surface area contributed by atoms with Crippen LogP contribution in [0.3, 0.4) is 0 Å². The van der Waals surface area contributed by atoms with Crippen LogP contribution in [0.5, 0.6) is 0 Å². The number of hydrogen-bond donors (Lipinski definition) is 0. The van der Waals surface area contributed by atoms with Gasteiger partial charge in [-0.25, -0.2) is 0 Å². The van der Waals surface area contributed by atoms with E-state index < -0.39 is 0 Å². The predicted octanol–water partition coefficient (Wildman–Crippen LogP) is 6.41. The molecule has 0 spiro atoms. The van der Waals surface area contributed by atoms with E-state index in [0.717, 1.165) is 46.0 Å². The van der Waals surface area contributed by atoms with Crippen molar-refractivity contribution >= 4 is 0 Å². The van der Waals surface area contributed by atoms with Gasteiger partial charge in [-0.3, -0.25) is 9.80 Å². The molecule has 0 aromatic heterocycles. The van der Waals surface area contributed by atoms with Crippen LogP contribution in [-0.2, 0) is 35.4 Å². The van der Waals surface area contributed by atoms with Crippen LogP contribution in [0.4, 0.5) is 0 Å². The summed E-state index contributed by atoms with van der Waals surface area (Å²) in [6.07, 6.45) is 2.35. The maximum Gasteiger partial charge on any atom is 0.0615 e. The molecule has 2 aliphatic rings. The molecule has 0 N–H and O–H groups in total. The minimum Gasteiger partial charge on any atom is -0.383 e. The lowest BCUT2D eigenvalue weighted by atomic mass is 9.93. The number of ether oxygens (including phenoxy) is 2. The van der Waals surface area contributed by atoms with Gasteiger partial charge in [-0.05, 0) is 71.9 Å². The Morgan fingerprint density at radius 3 is 1.92 bits per heavy atom. The molecular formula is C32H50N2O2. The molecule has 0 saturated carbocycles. The van der Waals surface area contributed by atoms with Crippen molar-refractivity contribution in [3.05, 3.63) is 69.8 Å². The SMILES string of the molecule is CCOCCN1CCc2ccc(C(C)C)cc2C1.COCC(C)N1CCc2ccc(C(C)C)cc2C1. The Balaban J connectivity index is 0.000000201. The fraction of sp³-hybridized carbons (Fsp3) is 0.625. The van der Waals surface area contributed by atoms with Crippen molar-refractivity contribution in [3.63, 3.8) is 0 Å². The molecule has 0 amide bonds. The molecule has 2 aliphatic heterocycles. The van der Waals surface area contributed by atoms with Gasteiger partial charge in [0.05, 0.1) is 13.2 Å². The summed E-state index contributed by atoms with van der Waals surface area (Å²) in [5, 5.41) is 0. The van der Waals surface area contributed by atoms with Crippen LogP contribution < -0.4 is 0 Å². The highest BCUT2D eigenvalue weighted by Gasteiger charge is 2.21. The highest BCUT2D eigenvalue weighted by molar-refractivity contribution is 5.36. The molecule has 0 radical (unpaired) electrons. The molecule has 2 aromatic rings. The van der Waals surface area contributed by atoms with Crippen molar-refractivity contribution in [2.45, 2.75) is 85.4 Å². The topological polar surface area (TPSA) is 24.9 Å². The second-order valence-electron chi connectivity index (χ2n) is 11.1. The minimum atomic E-state index is 0.505. The number of rotatable bonds is 9. The largest absolute Gasteiger partial charge is 0.383 e. The monoisotopic (exact) mass is 494 g/mol. The van der Waals surface area contributed by atoms with Crippen LogP contribution in [0, 0.1) is 0 Å². The van der Waals surface area contributed by atoms with E-state index in [1.54, 1.807) is 7.11 Å². The molecule has 1 atom stereocenters. The van der Waals surface area contributed by atoms with Gasteiger partial charge >= 0.3 is 0 Å². The molecule has 4 nitrogen and oxygen atoms in total. The summed E-state index contributed by atoms with van der Waals surface area (Å²) < 4.78 is 10.7. The van der Waals surface area contributed by atoms with Gasteiger partial charge in [-0.15, -0.1) is 0 Å². The Bertz CT molecular complexity index is 940. The molecule has 2 aromatic carbocycles. The van der Waals surface area contributed by atoms with E-state index in [-0.39, 0.29) is 0 Å². The third-order valence-corrected chi connectivity index (χ3v) is 7.71. The fourth-order valence-electron chi connectivity index (χ4n) is 5.20. The fourth-order valence-corrected chi connectivity index (χ4v) is 5.20. The normalized spacial score (nSPS) is 16.9. The Morgan fingerprint density at radius 2 is 1.36 bits per heavy atom. The van der Waals surface area contributed by atoms with Crippen molar-refractivity contribution in [1.29, 1.82) is 0 Å². The number of fused-ring (bicyclic) bond motifs is 2. The molecule has 2 heterocycles. The number of benzene rings is 2. The highest BCUT2D eigenvalue weighted by Crippen LogP contribution is 2.25. The molecule has 4 heteroatoms. The smallest absolute Gasteiger partial charge is 0.0615 e. The molecule has 4 rings (SSSR count). The number of nitrogens with zero attached hydrogens (tertiary/aromatic N) is 2. The molecule has 0 bridgehead atoms. The summed E-state index contributed by atoms with van der Waals surface area (Å²) >= 11 is 0. The second kappa shape index (κ2) is 14.3. The summed E-state index contributed by atoms with van der Waals surface area (Å²) in [6, 6.07) is 14.5. The van der Waals surface area contributed by atoms with Crippen LogP contribution in [0.15, 0.2) is 36.4 Å². The van der Waals surface area contributed by atoms with Crippen LogP contribution in [-0.4, -0.2) is 62.4 Å². The Hall–Kier alpha value is -1.72. The van der Waals surface area contributed by atoms with Gasteiger partial charge in [0, 0.05) is 52.5 Å². The second-order valence-corrected chi connectivity index (χ2v) is 11.1. The summed E-state index contributed by atoms with van der Waals surface area (Å²) in [6.45, 7) is 21.4. The lowest BCUT2D eigenvalue weighted by Gasteiger charge is -2.33. The highest BCUT2D eigenvalue weighted by atomic mass is 16.5. The zero-order valence-electron chi connectivity index (χ0n) is 24.0. The molecule has 0 aliphatic carbocycles. The van der Waals surface area contributed by atoms with E-state index >= 15 is 0 Å². The Kier molecular flexibility index (Phi) is 11.4. The van der Waals surface area contributed by atoms with Crippen LogP contribution in [0.1, 0.15) is 86.8 Å². The zero-order chi connectivity index (χ0) is 26.1. The lowest BCUT2D eigenvalue weighted by Crippen LogP contribution is -2.39. The molecular weight excluding hydrogens is 444 g/mol. The van der Waals surface area contributed by atoms with E-state index in [9.17, 15) is 0 Å². The van der Waals surface area contributed by atoms with Crippen LogP contribution in [0.25, 0.3) is 0 Å². The van der Waals surface area contributed by atoms with E-state index in [1.165, 1.54) is 52.8 Å². The molecule has 36 heavy (non-hydrogen) atoms. The van der Waals surface area contributed by atoms with Crippen molar-refractivity contribution in [2.24, 2.45) is 0 Å². The lowest BCUT2D eigenvalue weighted by molar-refractivity contribution is 0.0909. The quantitative estimate of drug-likeness (QED) is 0.376. The molecule has 0 fully saturated rings. The average molecular weight is 495 g/mol. The van der Waals surface area contributed by atoms with Gasteiger partial charge in [-0.1, -0.05) is 64.1 Å². The van der Waals surface area contributed by atoms with Gasteiger partial charge in [0.2, 0.25) is 0 Å². The molecule has 0 saturated heterocycles. The Morgan fingerprint density at radius 1 is 0.778 bits per heavy atom. The van der Waals surface area contributed by atoms with Gasteiger partial charge < -0.3 is 9.47 Å². The van der Waals surface area contributed by atoms with Gasteiger partial charge in [0.15, 0.2) is 0 Å². The predicted molar refractivity (Wildman–Crippen MR) is 152 cm³/mol. The van der Waals surface area contributed by atoms with Gasteiger partial charge in [-0.2, -0.15) is 0 Å². The maximum atomic E-state index is 5.44. The summed E-state index contributed by atoms with van der Waals surface area (Å²) in [5.74, 6) is 1.23. The van der Waals surface area contributed by atoms with Crippen molar-refractivity contribution in [1.82, 2.24) is 9.80 Å². The van der Waals surface area contributed by atoms with Crippen molar-refractivity contribution in [3.8, 4) is 0 Å². The van der Waals surface area contributed by atoms with Crippen LogP contribution in [0.2, 0.25) is 0 Å². The first-order valence-corrected chi connectivity index (χ1v) is 14.1. The number of methoxy groups -OCH3 is 1. The van der Waals surface area contributed by atoms with E-state index in [0.29, 0.717) is 17.9 Å². The summed E-state index contributed by atoms with van der Waals surface area (Å²) in [5.41, 5.74) is 9.00. The zero-order valence-corrected chi connectivity index (χ0v) is 24.0. The first-order chi connectivity index (χ1) is 17.3. The third kappa shape index (κ3) is 8.14. The van der Waals surface area contributed by atoms with Crippen LogP contribution >= 0.6 is 0 Å². The van der Waals surface area contributed by atoms with Crippen molar-refractivity contribution < 1.29 is 9.47 Å². The van der Waals surface area contributed by atoms with E-state index in [2.05, 4.69) is 87.7 Å². The minimum absolute atomic E-state index is 0.505. The first-order valence-electron chi connectivity index (χ1n) is 14.1. The first kappa shape index (κ1) is 28.8. The molecule has 1 unspecified atom stereocenters. The maximum absolute atomic E-state index is 5.44. The molecule has 200 valence electrons. The van der Waals surface area contributed by atoms with Gasteiger partial charge in [0.1, 0.15) is 0 Å². The van der Waals surface area contributed by atoms with Gasteiger partial charge in [0.25, 0.3) is 0 Å². The number of hydrogen-bond acceptors (Lipinski definition) is 4.